The lowest BCUT2D eigenvalue weighted by atomic mass is 9.95. The van der Waals surface area contributed by atoms with Gasteiger partial charge in [0.15, 0.2) is 5.78 Å². The summed E-state index contributed by atoms with van der Waals surface area (Å²) < 4.78 is 0. The minimum absolute atomic E-state index is 0.0709. The molecule has 0 aliphatic carbocycles. The number of benzene rings is 1. The van der Waals surface area contributed by atoms with Crippen LogP contribution in [-0.2, 0) is 11.2 Å². The molecule has 2 heteroatoms. The molecule has 2 nitrogen and oxygen atoms in total. The van der Waals surface area contributed by atoms with E-state index in [4.69, 9.17) is 5.11 Å². The zero-order valence-corrected chi connectivity index (χ0v) is 9.31. The Morgan fingerprint density at radius 1 is 1.27 bits per heavy atom. The number of rotatable bonds is 5. The molecule has 1 rings (SSSR count). The lowest BCUT2D eigenvalue weighted by Gasteiger charge is -2.11. The second-order valence-electron chi connectivity index (χ2n) is 4.14. The van der Waals surface area contributed by atoms with Gasteiger partial charge in [0.05, 0.1) is 0 Å². The van der Waals surface area contributed by atoms with Gasteiger partial charge in [-0.25, -0.2) is 0 Å². The van der Waals surface area contributed by atoms with Crippen LogP contribution in [0.3, 0.4) is 0 Å². The number of carbonyl (C=O) groups excluding carboxylic acids is 1. The fraction of sp³-hybridized carbons (Fsp3) is 0.462. The lowest BCUT2D eigenvalue weighted by Crippen LogP contribution is -2.19. The van der Waals surface area contributed by atoms with E-state index >= 15 is 0 Å². The fourth-order valence-corrected chi connectivity index (χ4v) is 1.60. The highest BCUT2D eigenvalue weighted by Gasteiger charge is 2.13. The van der Waals surface area contributed by atoms with Crippen molar-refractivity contribution in [3.05, 3.63) is 35.9 Å². The Labute approximate surface area is 90.9 Å². The van der Waals surface area contributed by atoms with E-state index in [0.717, 1.165) is 6.42 Å². The molecule has 0 unspecified atom stereocenters. The van der Waals surface area contributed by atoms with Crippen LogP contribution < -0.4 is 0 Å². The minimum atomic E-state index is -0.830. The van der Waals surface area contributed by atoms with Gasteiger partial charge in [-0.1, -0.05) is 37.3 Å². The molecule has 0 aliphatic heterocycles. The molecule has 0 aromatic heterocycles. The molecule has 0 radical (unpaired) electrons. The molecule has 1 aromatic carbocycles. The van der Waals surface area contributed by atoms with E-state index < -0.39 is 6.10 Å². The van der Waals surface area contributed by atoms with Crippen molar-refractivity contribution in [1.29, 1.82) is 0 Å². The van der Waals surface area contributed by atoms with Gasteiger partial charge in [0.25, 0.3) is 0 Å². The topological polar surface area (TPSA) is 37.3 Å². The van der Waals surface area contributed by atoms with E-state index in [1.54, 1.807) is 0 Å². The first-order valence-corrected chi connectivity index (χ1v) is 5.34. The average Bonchev–Trinajstić information content (AvgIpc) is 2.18. The summed E-state index contributed by atoms with van der Waals surface area (Å²) in [5, 5.41) is 9.09. The molecule has 15 heavy (non-hydrogen) atoms. The number of ketones is 1. The van der Waals surface area contributed by atoms with Crippen molar-refractivity contribution in [3.63, 3.8) is 0 Å². The highest BCUT2D eigenvalue weighted by Crippen LogP contribution is 2.12. The molecule has 2 atom stereocenters. The van der Waals surface area contributed by atoms with E-state index in [1.807, 2.05) is 25.1 Å². The maximum Gasteiger partial charge on any atom is 0.161 e. The van der Waals surface area contributed by atoms with Gasteiger partial charge in [-0.05, 0) is 24.8 Å². The molecule has 0 amide bonds. The van der Waals surface area contributed by atoms with Crippen molar-refractivity contribution in [3.8, 4) is 0 Å². The molecule has 0 spiro atoms. The van der Waals surface area contributed by atoms with Crippen LogP contribution in [0.2, 0.25) is 0 Å². The number of hydrogen-bond acceptors (Lipinski definition) is 2. The second-order valence-corrected chi connectivity index (χ2v) is 4.14. The van der Waals surface area contributed by atoms with Gasteiger partial charge in [0.1, 0.15) is 6.10 Å². The Morgan fingerprint density at radius 3 is 2.40 bits per heavy atom. The summed E-state index contributed by atoms with van der Waals surface area (Å²) in [5.74, 6) is 0.216. The maximum absolute atomic E-state index is 11.3. The molecule has 0 saturated heterocycles. The standard InChI is InChI=1S/C13H18O2/c1-10(9-13(15)11(2)14)8-12-6-4-3-5-7-12/h3-7,10-11,14H,8-9H2,1-2H3/t10-,11+/m0/s1. The molecule has 0 fully saturated rings. The third kappa shape index (κ3) is 4.26. The minimum Gasteiger partial charge on any atom is -0.386 e. The number of aliphatic hydroxyl groups is 1. The summed E-state index contributed by atoms with van der Waals surface area (Å²) in [6.07, 6.45) is 0.509. The van der Waals surface area contributed by atoms with Gasteiger partial charge >= 0.3 is 0 Å². The molecule has 1 aromatic rings. The fourth-order valence-electron chi connectivity index (χ4n) is 1.60. The van der Waals surface area contributed by atoms with E-state index in [9.17, 15) is 4.79 Å². The zero-order chi connectivity index (χ0) is 11.3. The normalized spacial score (nSPS) is 14.6. The van der Waals surface area contributed by atoms with Crippen molar-refractivity contribution in [2.75, 3.05) is 0 Å². The van der Waals surface area contributed by atoms with Crippen LogP contribution in [0, 0.1) is 5.92 Å². The molecular formula is C13H18O2. The van der Waals surface area contributed by atoms with Crippen molar-refractivity contribution in [1.82, 2.24) is 0 Å². The van der Waals surface area contributed by atoms with Crippen molar-refractivity contribution in [2.24, 2.45) is 5.92 Å². The van der Waals surface area contributed by atoms with Crippen LogP contribution in [0.4, 0.5) is 0 Å². The zero-order valence-electron chi connectivity index (χ0n) is 9.31. The van der Waals surface area contributed by atoms with Gasteiger partial charge in [-0.3, -0.25) is 4.79 Å². The predicted octanol–water partition coefficient (Wildman–Crippen LogP) is 2.21. The summed E-state index contributed by atoms with van der Waals surface area (Å²) in [6, 6.07) is 10.1. The van der Waals surface area contributed by atoms with Crippen LogP contribution in [0.1, 0.15) is 25.8 Å². The van der Waals surface area contributed by atoms with E-state index in [2.05, 4.69) is 12.1 Å². The van der Waals surface area contributed by atoms with Crippen LogP contribution in [0.25, 0.3) is 0 Å². The third-order valence-electron chi connectivity index (χ3n) is 2.44. The monoisotopic (exact) mass is 206 g/mol. The Balaban J connectivity index is 2.43. The van der Waals surface area contributed by atoms with Gasteiger partial charge < -0.3 is 5.11 Å². The van der Waals surface area contributed by atoms with E-state index in [-0.39, 0.29) is 11.7 Å². The van der Waals surface area contributed by atoms with E-state index in [0.29, 0.717) is 6.42 Å². The Kier molecular flexibility index (Phi) is 4.50. The van der Waals surface area contributed by atoms with Gasteiger partial charge in [-0.15, -0.1) is 0 Å². The Hall–Kier alpha value is -1.15. The number of Topliss-reactive ketones (excluding diaryl/α,β-unsaturated/α-hetero) is 1. The Bertz CT molecular complexity index is 304. The summed E-state index contributed by atoms with van der Waals surface area (Å²) >= 11 is 0. The SMILES string of the molecule is C[C@H](CC(=O)[C@@H](C)O)Cc1ccccc1. The summed E-state index contributed by atoms with van der Waals surface area (Å²) in [6.45, 7) is 3.56. The predicted molar refractivity (Wildman–Crippen MR) is 60.6 cm³/mol. The van der Waals surface area contributed by atoms with Crippen LogP contribution in [-0.4, -0.2) is 17.0 Å². The van der Waals surface area contributed by atoms with Crippen LogP contribution in [0.5, 0.6) is 0 Å². The maximum atomic E-state index is 11.3. The number of carbonyl (C=O) groups is 1. The molecule has 0 bridgehead atoms. The smallest absolute Gasteiger partial charge is 0.161 e. The molecule has 82 valence electrons. The number of hydrogen-bond donors (Lipinski definition) is 1. The highest BCUT2D eigenvalue weighted by molar-refractivity contribution is 5.82. The molecule has 0 heterocycles. The first-order chi connectivity index (χ1) is 7.09. The summed E-state index contributed by atoms with van der Waals surface area (Å²) in [5.41, 5.74) is 1.24. The molecule has 0 saturated carbocycles. The molecule has 0 aliphatic rings. The first-order valence-electron chi connectivity index (χ1n) is 5.34. The highest BCUT2D eigenvalue weighted by atomic mass is 16.3. The largest absolute Gasteiger partial charge is 0.386 e. The molecular weight excluding hydrogens is 188 g/mol. The lowest BCUT2D eigenvalue weighted by molar-refractivity contribution is -0.127. The second kappa shape index (κ2) is 5.66. The quantitative estimate of drug-likeness (QED) is 0.802. The van der Waals surface area contributed by atoms with Crippen molar-refractivity contribution in [2.45, 2.75) is 32.8 Å². The van der Waals surface area contributed by atoms with Gasteiger partial charge in [0, 0.05) is 6.42 Å². The van der Waals surface area contributed by atoms with Crippen LogP contribution in [0.15, 0.2) is 30.3 Å². The summed E-state index contributed by atoms with van der Waals surface area (Å²) in [7, 11) is 0. The van der Waals surface area contributed by atoms with Crippen molar-refractivity contribution >= 4 is 5.78 Å². The van der Waals surface area contributed by atoms with E-state index in [1.165, 1.54) is 12.5 Å². The summed E-state index contributed by atoms with van der Waals surface area (Å²) in [4.78, 5) is 11.3. The first kappa shape index (κ1) is 11.9. The Morgan fingerprint density at radius 2 is 1.87 bits per heavy atom. The molecule has 1 N–H and O–H groups in total. The third-order valence-corrected chi connectivity index (χ3v) is 2.44. The van der Waals surface area contributed by atoms with Crippen molar-refractivity contribution < 1.29 is 9.90 Å². The van der Waals surface area contributed by atoms with Gasteiger partial charge in [0.2, 0.25) is 0 Å². The average molecular weight is 206 g/mol. The van der Waals surface area contributed by atoms with Gasteiger partial charge in [-0.2, -0.15) is 0 Å². The number of aliphatic hydroxyl groups excluding tert-OH is 1. The van der Waals surface area contributed by atoms with Crippen LogP contribution >= 0.6 is 0 Å².